The number of aryl methyl sites for hydroxylation is 2. The van der Waals surface area contributed by atoms with Gasteiger partial charge in [0.1, 0.15) is 0 Å². The van der Waals surface area contributed by atoms with E-state index in [2.05, 4.69) is 31.2 Å². The largest absolute Gasteiger partial charge is 0.372 e. The molecule has 0 saturated carbocycles. The Morgan fingerprint density at radius 1 is 1.12 bits per heavy atom. The molecule has 1 aliphatic heterocycles. The molecule has 1 fully saturated rings. The Morgan fingerprint density at radius 3 is 2.68 bits per heavy atom. The SMILES string of the molecule is Cc1ccccc1COC1CCCN(C(=O)CCc2ccccc2)C1. The minimum Gasteiger partial charge on any atom is -0.372 e. The van der Waals surface area contributed by atoms with Gasteiger partial charge in [0.15, 0.2) is 0 Å². The highest BCUT2D eigenvalue weighted by Gasteiger charge is 2.24. The number of carbonyl (C=O) groups is 1. The van der Waals surface area contributed by atoms with Gasteiger partial charge in [0.05, 0.1) is 12.7 Å². The van der Waals surface area contributed by atoms with Crippen LogP contribution in [0.1, 0.15) is 36.0 Å². The summed E-state index contributed by atoms with van der Waals surface area (Å²) in [4.78, 5) is 14.5. The lowest BCUT2D eigenvalue weighted by Gasteiger charge is -2.33. The number of benzene rings is 2. The number of rotatable bonds is 6. The highest BCUT2D eigenvalue weighted by atomic mass is 16.5. The fourth-order valence-corrected chi connectivity index (χ4v) is 3.33. The first kappa shape index (κ1) is 17.7. The van der Waals surface area contributed by atoms with E-state index < -0.39 is 0 Å². The number of hydrogen-bond donors (Lipinski definition) is 0. The van der Waals surface area contributed by atoms with Crippen molar-refractivity contribution in [3.63, 3.8) is 0 Å². The standard InChI is InChI=1S/C22H27NO2/c1-18-8-5-6-11-20(18)17-25-21-12-7-15-23(16-21)22(24)14-13-19-9-3-2-4-10-19/h2-6,8-11,21H,7,12-17H2,1H3. The first-order valence-corrected chi connectivity index (χ1v) is 9.20. The summed E-state index contributed by atoms with van der Waals surface area (Å²) >= 11 is 0. The van der Waals surface area contributed by atoms with E-state index in [9.17, 15) is 4.79 Å². The number of likely N-dealkylation sites (tertiary alicyclic amines) is 1. The molecule has 1 amide bonds. The molecule has 3 nitrogen and oxygen atoms in total. The molecule has 0 N–H and O–H groups in total. The monoisotopic (exact) mass is 337 g/mol. The zero-order valence-corrected chi connectivity index (χ0v) is 15.0. The Morgan fingerprint density at radius 2 is 1.88 bits per heavy atom. The zero-order chi connectivity index (χ0) is 17.5. The van der Waals surface area contributed by atoms with Crippen LogP contribution in [0.2, 0.25) is 0 Å². The summed E-state index contributed by atoms with van der Waals surface area (Å²) in [6, 6.07) is 18.5. The van der Waals surface area contributed by atoms with Crippen LogP contribution in [0.15, 0.2) is 54.6 Å². The topological polar surface area (TPSA) is 29.5 Å². The van der Waals surface area contributed by atoms with Crippen molar-refractivity contribution < 1.29 is 9.53 Å². The van der Waals surface area contributed by atoms with Crippen LogP contribution >= 0.6 is 0 Å². The lowest BCUT2D eigenvalue weighted by Crippen LogP contribution is -2.43. The van der Waals surface area contributed by atoms with Gasteiger partial charge in [0.25, 0.3) is 0 Å². The normalized spacial score (nSPS) is 17.5. The van der Waals surface area contributed by atoms with Gasteiger partial charge in [-0.2, -0.15) is 0 Å². The Bertz CT molecular complexity index is 683. The molecule has 0 radical (unpaired) electrons. The fourth-order valence-electron chi connectivity index (χ4n) is 3.33. The van der Waals surface area contributed by atoms with Gasteiger partial charge in [-0.25, -0.2) is 0 Å². The third kappa shape index (κ3) is 5.17. The zero-order valence-electron chi connectivity index (χ0n) is 15.0. The third-order valence-electron chi connectivity index (χ3n) is 4.94. The van der Waals surface area contributed by atoms with Gasteiger partial charge in [-0.15, -0.1) is 0 Å². The summed E-state index contributed by atoms with van der Waals surface area (Å²) < 4.78 is 6.10. The summed E-state index contributed by atoms with van der Waals surface area (Å²) in [5.41, 5.74) is 3.71. The molecule has 2 aromatic carbocycles. The van der Waals surface area contributed by atoms with Crippen LogP contribution in [0.5, 0.6) is 0 Å². The average molecular weight is 337 g/mol. The van der Waals surface area contributed by atoms with Gasteiger partial charge in [0.2, 0.25) is 5.91 Å². The maximum Gasteiger partial charge on any atom is 0.222 e. The van der Waals surface area contributed by atoms with Crippen molar-refractivity contribution in [1.29, 1.82) is 0 Å². The molecule has 2 aromatic rings. The van der Waals surface area contributed by atoms with Crippen molar-refractivity contribution in [2.75, 3.05) is 13.1 Å². The molecule has 1 saturated heterocycles. The van der Waals surface area contributed by atoms with E-state index in [0.29, 0.717) is 13.0 Å². The van der Waals surface area contributed by atoms with E-state index in [1.54, 1.807) is 0 Å². The van der Waals surface area contributed by atoms with Gasteiger partial charge >= 0.3 is 0 Å². The molecular formula is C22H27NO2. The van der Waals surface area contributed by atoms with Gasteiger partial charge in [-0.05, 0) is 42.9 Å². The molecule has 132 valence electrons. The van der Waals surface area contributed by atoms with Crippen LogP contribution in [0.3, 0.4) is 0 Å². The summed E-state index contributed by atoms with van der Waals surface area (Å²) in [6.45, 7) is 4.32. The van der Waals surface area contributed by atoms with Gasteiger partial charge < -0.3 is 9.64 Å². The number of carbonyl (C=O) groups excluding carboxylic acids is 1. The Kier molecular flexibility index (Phi) is 6.24. The predicted molar refractivity (Wildman–Crippen MR) is 100 cm³/mol. The lowest BCUT2D eigenvalue weighted by molar-refractivity contribution is -0.135. The first-order valence-electron chi connectivity index (χ1n) is 9.20. The first-order chi connectivity index (χ1) is 12.2. The number of amides is 1. The quantitative estimate of drug-likeness (QED) is 0.793. The van der Waals surface area contributed by atoms with Crippen LogP contribution in [-0.4, -0.2) is 30.0 Å². The van der Waals surface area contributed by atoms with Crippen LogP contribution < -0.4 is 0 Å². The van der Waals surface area contributed by atoms with Crippen molar-refractivity contribution in [3.8, 4) is 0 Å². The molecule has 1 unspecified atom stereocenters. The Hall–Kier alpha value is -2.13. The molecule has 0 aliphatic carbocycles. The van der Waals surface area contributed by atoms with Gasteiger partial charge in [-0.3, -0.25) is 4.79 Å². The highest BCUT2D eigenvalue weighted by Crippen LogP contribution is 2.18. The van der Waals surface area contributed by atoms with Crippen molar-refractivity contribution >= 4 is 5.91 Å². The van der Waals surface area contributed by atoms with E-state index in [1.165, 1.54) is 16.7 Å². The maximum absolute atomic E-state index is 12.5. The molecule has 1 heterocycles. The van der Waals surface area contributed by atoms with Crippen LogP contribution in [0.25, 0.3) is 0 Å². The minimum atomic E-state index is 0.147. The summed E-state index contributed by atoms with van der Waals surface area (Å²) in [5, 5.41) is 0. The van der Waals surface area contributed by atoms with Crippen LogP contribution in [0.4, 0.5) is 0 Å². The molecule has 0 spiro atoms. The second kappa shape index (κ2) is 8.82. The molecular weight excluding hydrogens is 310 g/mol. The second-order valence-electron chi connectivity index (χ2n) is 6.83. The van der Waals surface area contributed by atoms with Gasteiger partial charge in [0, 0.05) is 19.5 Å². The number of hydrogen-bond acceptors (Lipinski definition) is 2. The fraction of sp³-hybridized carbons (Fsp3) is 0.409. The number of ether oxygens (including phenoxy) is 1. The molecule has 3 rings (SSSR count). The van der Waals surface area contributed by atoms with Crippen molar-refractivity contribution in [2.45, 2.75) is 45.3 Å². The van der Waals surface area contributed by atoms with E-state index in [1.807, 2.05) is 35.2 Å². The van der Waals surface area contributed by atoms with Crippen molar-refractivity contribution in [1.82, 2.24) is 4.90 Å². The molecule has 0 bridgehead atoms. The van der Waals surface area contributed by atoms with Crippen molar-refractivity contribution in [2.24, 2.45) is 0 Å². The molecule has 25 heavy (non-hydrogen) atoms. The lowest BCUT2D eigenvalue weighted by atomic mass is 10.1. The summed E-state index contributed by atoms with van der Waals surface area (Å²) in [7, 11) is 0. The van der Waals surface area contributed by atoms with E-state index in [4.69, 9.17) is 4.74 Å². The summed E-state index contributed by atoms with van der Waals surface area (Å²) in [6.07, 6.45) is 3.59. The van der Waals surface area contributed by atoms with Crippen molar-refractivity contribution in [3.05, 3.63) is 71.3 Å². The van der Waals surface area contributed by atoms with E-state index in [-0.39, 0.29) is 12.0 Å². The van der Waals surface area contributed by atoms with Crippen LogP contribution in [0, 0.1) is 6.92 Å². The molecule has 1 aliphatic rings. The second-order valence-corrected chi connectivity index (χ2v) is 6.83. The highest BCUT2D eigenvalue weighted by molar-refractivity contribution is 5.76. The van der Waals surface area contributed by atoms with Crippen LogP contribution in [-0.2, 0) is 22.6 Å². The Labute approximate surface area is 150 Å². The van der Waals surface area contributed by atoms with Gasteiger partial charge in [-0.1, -0.05) is 54.6 Å². The molecule has 3 heteroatoms. The Balaban J connectivity index is 1.47. The molecule has 0 aromatic heterocycles. The smallest absolute Gasteiger partial charge is 0.222 e. The summed E-state index contributed by atoms with van der Waals surface area (Å²) in [5.74, 6) is 0.244. The molecule has 1 atom stereocenters. The van der Waals surface area contributed by atoms with E-state index >= 15 is 0 Å². The maximum atomic E-state index is 12.5. The minimum absolute atomic E-state index is 0.147. The number of nitrogens with zero attached hydrogens (tertiary/aromatic N) is 1. The average Bonchev–Trinajstić information content (AvgIpc) is 2.66. The number of piperidine rings is 1. The van der Waals surface area contributed by atoms with E-state index in [0.717, 1.165) is 32.4 Å². The third-order valence-corrected chi connectivity index (χ3v) is 4.94. The predicted octanol–water partition coefficient (Wildman–Crippen LogP) is 4.14.